The summed E-state index contributed by atoms with van der Waals surface area (Å²) in [6, 6.07) is 3.82. The Balaban J connectivity index is 2.77. The summed E-state index contributed by atoms with van der Waals surface area (Å²) in [4.78, 5) is 23.9. The van der Waals surface area contributed by atoms with Gasteiger partial charge in [-0.3, -0.25) is 4.79 Å². The van der Waals surface area contributed by atoms with Gasteiger partial charge in [0, 0.05) is 11.3 Å². The predicted octanol–water partition coefficient (Wildman–Crippen LogP) is 3.05. The number of carbonyl (C=O) groups is 2. The number of rotatable bonds is 5. The first-order chi connectivity index (χ1) is 9.10. The predicted molar refractivity (Wildman–Crippen MR) is 78.1 cm³/mol. The number of thiophene rings is 1. The molecule has 1 rings (SSSR count). The first-order valence-corrected chi connectivity index (χ1v) is 7.23. The number of amides is 1. The van der Waals surface area contributed by atoms with Crippen LogP contribution in [0.4, 0.5) is 4.79 Å². The average Bonchev–Trinajstić information content (AvgIpc) is 2.63. The lowest BCUT2D eigenvalue weighted by Gasteiger charge is -2.30. The third-order valence-corrected chi connectivity index (χ3v) is 3.36. The topological polar surface area (TPSA) is 75.6 Å². The van der Waals surface area contributed by atoms with Crippen molar-refractivity contribution < 1.29 is 19.4 Å². The molecular weight excluding hydrogens is 278 g/mol. The fraction of sp³-hybridized carbons (Fsp3) is 0.571. The molecule has 0 aromatic carbocycles. The van der Waals surface area contributed by atoms with Crippen LogP contribution in [0.1, 0.15) is 39.0 Å². The number of ether oxygens (including phenoxy) is 1. The van der Waals surface area contributed by atoms with Crippen LogP contribution in [-0.2, 0) is 16.0 Å². The lowest BCUT2D eigenvalue weighted by atomic mass is 9.93. The van der Waals surface area contributed by atoms with E-state index in [4.69, 9.17) is 9.84 Å². The van der Waals surface area contributed by atoms with Gasteiger partial charge in [-0.1, -0.05) is 6.07 Å². The number of carbonyl (C=O) groups excluding carboxylic acids is 1. The maximum Gasteiger partial charge on any atom is 0.408 e. The second-order valence-corrected chi connectivity index (χ2v) is 7.05. The van der Waals surface area contributed by atoms with Gasteiger partial charge in [0.25, 0.3) is 0 Å². The van der Waals surface area contributed by atoms with Crippen LogP contribution in [0.25, 0.3) is 0 Å². The van der Waals surface area contributed by atoms with Crippen molar-refractivity contribution in [1.29, 1.82) is 0 Å². The Morgan fingerprint density at radius 2 is 2.00 bits per heavy atom. The maximum absolute atomic E-state index is 11.9. The second-order valence-electron chi connectivity index (χ2n) is 6.01. The van der Waals surface area contributed by atoms with Crippen molar-refractivity contribution >= 4 is 23.4 Å². The molecule has 1 amide bonds. The van der Waals surface area contributed by atoms with E-state index >= 15 is 0 Å². The third kappa shape index (κ3) is 6.06. The summed E-state index contributed by atoms with van der Waals surface area (Å²) in [7, 11) is 0. The minimum absolute atomic E-state index is 0.163. The number of carboxylic acids is 1. The molecule has 0 radical (unpaired) electrons. The first-order valence-electron chi connectivity index (χ1n) is 6.35. The molecular formula is C14H21NO4S. The van der Waals surface area contributed by atoms with Crippen molar-refractivity contribution in [2.45, 2.75) is 51.7 Å². The van der Waals surface area contributed by atoms with Gasteiger partial charge in [0.2, 0.25) is 0 Å². The maximum atomic E-state index is 11.9. The van der Waals surface area contributed by atoms with E-state index in [0.29, 0.717) is 6.42 Å². The Morgan fingerprint density at radius 1 is 1.35 bits per heavy atom. The van der Waals surface area contributed by atoms with Crippen LogP contribution >= 0.6 is 11.3 Å². The third-order valence-electron chi connectivity index (χ3n) is 2.49. The molecule has 20 heavy (non-hydrogen) atoms. The Labute approximate surface area is 123 Å². The van der Waals surface area contributed by atoms with Crippen molar-refractivity contribution in [3.63, 3.8) is 0 Å². The molecule has 1 atom stereocenters. The highest BCUT2D eigenvalue weighted by Crippen LogP contribution is 2.21. The Bertz CT molecular complexity index is 464. The molecule has 2 N–H and O–H groups in total. The highest BCUT2D eigenvalue weighted by atomic mass is 32.1. The molecule has 1 unspecified atom stereocenters. The Kier molecular flexibility index (Phi) is 5.16. The summed E-state index contributed by atoms with van der Waals surface area (Å²) in [6.07, 6.45) is -0.307. The molecule has 1 heterocycles. The zero-order valence-electron chi connectivity index (χ0n) is 12.2. The Morgan fingerprint density at radius 3 is 2.45 bits per heavy atom. The number of carboxylic acid groups (broad SMARTS) is 1. The molecule has 0 bridgehead atoms. The molecule has 0 aliphatic rings. The van der Waals surface area contributed by atoms with Crippen molar-refractivity contribution in [2.75, 3.05) is 0 Å². The molecule has 1 aromatic rings. The van der Waals surface area contributed by atoms with E-state index in [0.717, 1.165) is 4.88 Å². The highest BCUT2D eigenvalue weighted by molar-refractivity contribution is 7.09. The number of hydrogen-bond donors (Lipinski definition) is 2. The van der Waals surface area contributed by atoms with Gasteiger partial charge in [-0.2, -0.15) is 0 Å². The van der Waals surface area contributed by atoms with Gasteiger partial charge in [0.05, 0.1) is 12.0 Å². The smallest absolute Gasteiger partial charge is 0.408 e. The molecule has 0 saturated heterocycles. The molecule has 5 nitrogen and oxygen atoms in total. The molecule has 0 aliphatic heterocycles. The number of aliphatic carboxylic acids is 1. The largest absolute Gasteiger partial charge is 0.481 e. The zero-order valence-corrected chi connectivity index (χ0v) is 13.0. The zero-order chi connectivity index (χ0) is 15.4. The number of nitrogens with one attached hydrogen (secondary N) is 1. The van der Waals surface area contributed by atoms with Crippen LogP contribution in [0, 0.1) is 0 Å². The van der Waals surface area contributed by atoms with Crippen LogP contribution < -0.4 is 5.32 Å². The van der Waals surface area contributed by atoms with E-state index in [-0.39, 0.29) is 6.42 Å². The van der Waals surface area contributed by atoms with Crippen LogP contribution in [0.3, 0.4) is 0 Å². The van der Waals surface area contributed by atoms with Gasteiger partial charge in [-0.15, -0.1) is 11.3 Å². The van der Waals surface area contributed by atoms with Crippen LogP contribution in [0.2, 0.25) is 0 Å². The summed E-state index contributed by atoms with van der Waals surface area (Å²) in [5, 5.41) is 13.6. The van der Waals surface area contributed by atoms with Crippen LogP contribution in [0.15, 0.2) is 17.5 Å². The molecule has 0 saturated carbocycles. The average molecular weight is 299 g/mol. The second kappa shape index (κ2) is 6.26. The van der Waals surface area contributed by atoms with Gasteiger partial charge < -0.3 is 15.2 Å². The molecule has 0 spiro atoms. The van der Waals surface area contributed by atoms with Crippen LogP contribution in [0.5, 0.6) is 0 Å². The number of hydrogen-bond acceptors (Lipinski definition) is 4. The minimum Gasteiger partial charge on any atom is -0.481 e. The van der Waals surface area contributed by atoms with Gasteiger partial charge in [0.1, 0.15) is 5.60 Å². The van der Waals surface area contributed by atoms with Gasteiger partial charge >= 0.3 is 12.1 Å². The molecule has 0 fully saturated rings. The fourth-order valence-electron chi connectivity index (χ4n) is 1.83. The molecule has 1 aromatic heterocycles. The van der Waals surface area contributed by atoms with Gasteiger partial charge in [-0.25, -0.2) is 4.79 Å². The highest BCUT2D eigenvalue weighted by Gasteiger charge is 2.32. The van der Waals surface area contributed by atoms with Crippen molar-refractivity contribution in [2.24, 2.45) is 0 Å². The fourth-order valence-corrected chi connectivity index (χ4v) is 2.72. The summed E-state index contributed by atoms with van der Waals surface area (Å²) < 4.78 is 5.19. The SMILES string of the molecule is CC(CC(=O)O)(Cc1cccs1)NC(=O)OC(C)(C)C. The summed E-state index contributed by atoms with van der Waals surface area (Å²) in [5.74, 6) is -0.958. The lowest BCUT2D eigenvalue weighted by Crippen LogP contribution is -2.50. The molecule has 6 heteroatoms. The first kappa shape index (κ1) is 16.5. The minimum atomic E-state index is -0.958. The van der Waals surface area contributed by atoms with E-state index in [9.17, 15) is 9.59 Å². The van der Waals surface area contributed by atoms with Crippen molar-refractivity contribution in [1.82, 2.24) is 5.32 Å². The summed E-state index contributed by atoms with van der Waals surface area (Å²) in [6.45, 7) is 7.01. The summed E-state index contributed by atoms with van der Waals surface area (Å²) >= 11 is 1.53. The van der Waals surface area contributed by atoms with E-state index in [2.05, 4.69) is 5.32 Å². The summed E-state index contributed by atoms with van der Waals surface area (Å²) in [5.41, 5.74) is -1.49. The van der Waals surface area contributed by atoms with Gasteiger partial charge in [-0.05, 0) is 39.1 Å². The monoisotopic (exact) mass is 299 g/mol. The molecule has 112 valence electrons. The van der Waals surface area contributed by atoms with E-state index in [1.54, 1.807) is 27.7 Å². The standard InChI is InChI=1S/C14H21NO4S/c1-13(2,3)19-12(18)15-14(4,9-11(16)17)8-10-6-5-7-20-10/h5-7H,8-9H2,1-4H3,(H,15,18)(H,16,17). The Hall–Kier alpha value is -1.56. The lowest BCUT2D eigenvalue weighted by molar-refractivity contribution is -0.138. The molecule has 0 aliphatic carbocycles. The van der Waals surface area contributed by atoms with Crippen molar-refractivity contribution in [3.05, 3.63) is 22.4 Å². The number of alkyl carbamates (subject to hydrolysis) is 1. The van der Waals surface area contributed by atoms with Crippen molar-refractivity contribution in [3.8, 4) is 0 Å². The van der Waals surface area contributed by atoms with E-state index in [1.165, 1.54) is 11.3 Å². The quantitative estimate of drug-likeness (QED) is 0.876. The normalized spacial score (nSPS) is 14.4. The van der Waals surface area contributed by atoms with E-state index < -0.39 is 23.2 Å². The van der Waals surface area contributed by atoms with Gasteiger partial charge in [0.15, 0.2) is 0 Å². The van der Waals surface area contributed by atoms with Crippen LogP contribution in [-0.4, -0.2) is 28.3 Å². The van der Waals surface area contributed by atoms with E-state index in [1.807, 2.05) is 17.5 Å².